The smallest absolute Gasteiger partial charge is 0.343 e. The molecular weight excluding hydrogens is 1010 g/mol. The van der Waals surface area contributed by atoms with E-state index in [0.29, 0.717) is 83.9 Å². The van der Waals surface area contributed by atoms with Crippen molar-refractivity contribution in [3.63, 3.8) is 0 Å². The number of benzene rings is 2. The van der Waals surface area contributed by atoms with Crippen LogP contribution in [0.15, 0.2) is 59.4 Å². The maximum Gasteiger partial charge on any atom is 0.343 e. The van der Waals surface area contributed by atoms with Gasteiger partial charge in [-0.2, -0.15) is 0 Å². The molecule has 410 valence electrons. The van der Waals surface area contributed by atoms with Crippen LogP contribution < -0.4 is 37.5 Å². The zero-order chi connectivity index (χ0) is 55.4. The summed E-state index contributed by atoms with van der Waals surface area (Å²) in [5, 5.41) is 27.9. The highest BCUT2D eigenvalue weighted by Crippen LogP contribution is 2.46. The van der Waals surface area contributed by atoms with Crippen molar-refractivity contribution in [2.24, 2.45) is 5.92 Å². The number of aromatic nitrogens is 2. The number of ether oxygens (including phenoxy) is 2. The molecule has 2 aromatic heterocycles. The summed E-state index contributed by atoms with van der Waals surface area (Å²) in [6.07, 6.45) is 5.40. The predicted molar refractivity (Wildman–Crippen MR) is 274 cm³/mol. The van der Waals surface area contributed by atoms with Gasteiger partial charge < -0.3 is 51.0 Å². The summed E-state index contributed by atoms with van der Waals surface area (Å²) in [6.45, 7) is 1.82. The number of carbonyl (C=O) groups excluding carboxylic acids is 9. The van der Waals surface area contributed by atoms with Crippen LogP contribution in [0, 0.1) is 18.7 Å². The summed E-state index contributed by atoms with van der Waals surface area (Å²) in [6, 6.07) is 10.1. The zero-order valence-electron chi connectivity index (χ0n) is 43.1. The van der Waals surface area contributed by atoms with Crippen LogP contribution in [0.1, 0.15) is 103 Å². The maximum atomic E-state index is 15.4. The number of rotatable bonds is 22. The van der Waals surface area contributed by atoms with Crippen LogP contribution >= 0.6 is 0 Å². The number of pyridine rings is 2. The highest BCUT2D eigenvalue weighted by molar-refractivity contribution is 6.12. The fourth-order valence-electron chi connectivity index (χ4n) is 10.7. The van der Waals surface area contributed by atoms with Crippen molar-refractivity contribution < 1.29 is 62.1 Å². The standard InChI is InChI=1S/C55H60FN9O13/c1-3-55(76)36-21-41-50-34(26-65(41)53(74)35(36)27-77-54(55)75)49-38(14-13-33-29(2)37(56)22-39(62-50)48(33)49)63-51(72)31-19-32(20-31)78-28-60-44(68)24-59-52(73)40(18-30-10-6-4-7-11-30)61-45(69)25-58-43(67)23-57-42(66)12-8-5-9-17-64-46(70)15-16-47(64)71/h4,6-7,10-11,15-16,21-22,31-32,38,40,76H,3,5,8-9,12-14,17-20,23-28H2,1-2H3,(H,57,66)(H,58,67)(H,59,73)(H,60,68)(H,61,69)(H,63,72)/t31-,32-,38-,40-,55-/m0/s1. The second-order valence-corrected chi connectivity index (χ2v) is 20.2. The number of imide groups is 1. The Labute approximate surface area is 446 Å². The van der Waals surface area contributed by atoms with E-state index in [0.717, 1.165) is 16.0 Å². The van der Waals surface area contributed by atoms with Gasteiger partial charge in [-0.25, -0.2) is 14.2 Å². The van der Waals surface area contributed by atoms with Gasteiger partial charge in [-0.15, -0.1) is 0 Å². The van der Waals surface area contributed by atoms with E-state index < -0.39 is 90.1 Å². The van der Waals surface area contributed by atoms with Crippen molar-refractivity contribution >= 4 is 64.1 Å². The average Bonchev–Trinajstić information content (AvgIpc) is 4.16. The number of aryl methyl sites for hydroxylation is 1. The summed E-state index contributed by atoms with van der Waals surface area (Å²) in [5.41, 5.74) is 2.35. The van der Waals surface area contributed by atoms with Gasteiger partial charge in [0.1, 0.15) is 25.2 Å². The number of esters is 1. The van der Waals surface area contributed by atoms with Crippen molar-refractivity contribution in [2.75, 3.05) is 32.9 Å². The van der Waals surface area contributed by atoms with Gasteiger partial charge in [-0.1, -0.05) is 43.7 Å². The van der Waals surface area contributed by atoms with Crippen molar-refractivity contribution in [1.29, 1.82) is 0 Å². The first-order valence-corrected chi connectivity index (χ1v) is 26.1. The Morgan fingerprint density at radius 2 is 1.58 bits per heavy atom. The molecule has 3 aliphatic heterocycles. The molecule has 4 aromatic rings. The SMILES string of the molecule is CC[C@@]1(O)C(=O)OCc2c1cc1n(c2=O)Cc2c-1nc1cc(F)c(C)c3c1c2[C@@H](NC(=O)[C@H]1C[C@H](OCNC(=O)CNC(=O)[C@H](Cc2ccccc2)NC(=O)CNC(=O)CNC(=O)CCCCCN2C(=O)C=CC2=O)C1)CC3. The summed E-state index contributed by atoms with van der Waals surface area (Å²) >= 11 is 0. The second-order valence-electron chi connectivity index (χ2n) is 20.2. The Balaban J connectivity index is 0.725. The highest BCUT2D eigenvalue weighted by atomic mass is 19.1. The number of cyclic esters (lactones) is 1. The molecule has 0 saturated heterocycles. The minimum atomic E-state index is -2.03. The molecule has 0 radical (unpaired) electrons. The lowest BCUT2D eigenvalue weighted by molar-refractivity contribution is -0.172. The normalized spacial score (nSPS) is 19.9. The van der Waals surface area contributed by atoms with Crippen LogP contribution in [0.2, 0.25) is 0 Å². The molecule has 1 saturated carbocycles. The molecule has 9 rings (SSSR count). The lowest BCUT2D eigenvalue weighted by atomic mass is 9.79. The summed E-state index contributed by atoms with van der Waals surface area (Å²) in [5.74, 6) is -5.64. The van der Waals surface area contributed by atoms with Gasteiger partial charge in [0.15, 0.2) is 5.60 Å². The number of unbranched alkanes of at least 4 members (excludes halogenated alkanes) is 2. The third-order valence-corrected chi connectivity index (χ3v) is 15.2. The highest BCUT2D eigenvalue weighted by Gasteiger charge is 2.46. The maximum absolute atomic E-state index is 15.4. The molecule has 3 atom stereocenters. The third kappa shape index (κ3) is 11.4. The Morgan fingerprint density at radius 1 is 0.872 bits per heavy atom. The largest absolute Gasteiger partial charge is 0.458 e. The van der Waals surface area contributed by atoms with E-state index in [1.807, 2.05) is 0 Å². The number of aliphatic hydroxyl groups is 1. The molecule has 22 nitrogen and oxygen atoms in total. The summed E-state index contributed by atoms with van der Waals surface area (Å²) in [4.78, 5) is 134. The van der Waals surface area contributed by atoms with Gasteiger partial charge in [0.05, 0.1) is 60.8 Å². The van der Waals surface area contributed by atoms with Crippen molar-refractivity contribution in [1.82, 2.24) is 46.4 Å². The van der Waals surface area contributed by atoms with Crippen molar-refractivity contribution in [2.45, 2.75) is 115 Å². The van der Waals surface area contributed by atoms with E-state index in [1.165, 1.54) is 22.8 Å². The van der Waals surface area contributed by atoms with Gasteiger partial charge in [-0.3, -0.25) is 48.1 Å². The predicted octanol–water partition coefficient (Wildman–Crippen LogP) is 1.06. The van der Waals surface area contributed by atoms with Crippen LogP contribution in [0.3, 0.4) is 0 Å². The van der Waals surface area contributed by atoms with Gasteiger partial charge >= 0.3 is 5.97 Å². The molecular formula is C55H60FN9O13. The average molecular weight is 1070 g/mol. The minimum Gasteiger partial charge on any atom is -0.458 e. The lowest BCUT2D eigenvalue weighted by Gasteiger charge is -2.36. The van der Waals surface area contributed by atoms with Crippen LogP contribution in [0.4, 0.5) is 4.39 Å². The Kier molecular flexibility index (Phi) is 16.2. The lowest BCUT2D eigenvalue weighted by Crippen LogP contribution is -2.52. The van der Waals surface area contributed by atoms with E-state index >= 15 is 4.39 Å². The fourth-order valence-corrected chi connectivity index (χ4v) is 10.7. The molecule has 1 fully saturated rings. The monoisotopic (exact) mass is 1070 g/mol. The summed E-state index contributed by atoms with van der Waals surface area (Å²) < 4.78 is 28.0. The second kappa shape index (κ2) is 23.2. The van der Waals surface area contributed by atoms with E-state index in [-0.39, 0.29) is 80.6 Å². The first-order valence-electron chi connectivity index (χ1n) is 26.1. The van der Waals surface area contributed by atoms with E-state index in [9.17, 15) is 53.1 Å². The van der Waals surface area contributed by atoms with Gasteiger partial charge in [0, 0.05) is 60.0 Å². The molecule has 0 bridgehead atoms. The molecule has 23 heteroatoms. The molecule has 2 aliphatic carbocycles. The molecule has 2 aromatic carbocycles. The van der Waals surface area contributed by atoms with Crippen LogP contribution in [0.5, 0.6) is 0 Å². The number of carbonyl (C=O) groups is 9. The Bertz CT molecular complexity index is 3210. The van der Waals surface area contributed by atoms with Crippen LogP contribution in [-0.2, 0) is 84.2 Å². The molecule has 8 amide bonds. The molecule has 0 spiro atoms. The van der Waals surface area contributed by atoms with Crippen LogP contribution in [-0.4, -0.2) is 118 Å². The number of amides is 8. The first kappa shape index (κ1) is 54.6. The van der Waals surface area contributed by atoms with E-state index in [1.54, 1.807) is 50.2 Å². The van der Waals surface area contributed by atoms with Crippen LogP contribution in [0.25, 0.3) is 22.3 Å². The third-order valence-electron chi connectivity index (χ3n) is 15.2. The van der Waals surface area contributed by atoms with Gasteiger partial charge in [-0.05, 0) is 80.2 Å². The molecule has 0 unspecified atom stereocenters. The van der Waals surface area contributed by atoms with Gasteiger partial charge in [0.25, 0.3) is 17.4 Å². The van der Waals surface area contributed by atoms with E-state index in [4.69, 9.17) is 14.5 Å². The Morgan fingerprint density at radius 3 is 2.32 bits per heavy atom. The zero-order valence-corrected chi connectivity index (χ0v) is 43.1. The number of halogens is 1. The Hall–Kier alpha value is -8.18. The molecule has 5 heterocycles. The number of hydrogen-bond acceptors (Lipinski definition) is 14. The first-order chi connectivity index (χ1) is 37.4. The molecule has 5 aliphatic rings. The fraction of sp³-hybridized carbons (Fsp3) is 0.436. The van der Waals surface area contributed by atoms with Crippen molar-refractivity contribution in [3.05, 3.63) is 110 Å². The van der Waals surface area contributed by atoms with E-state index in [2.05, 4.69) is 31.9 Å². The van der Waals surface area contributed by atoms with Crippen molar-refractivity contribution in [3.8, 4) is 11.4 Å². The number of nitrogens with one attached hydrogen (secondary N) is 6. The van der Waals surface area contributed by atoms with Gasteiger partial charge in [0.2, 0.25) is 35.4 Å². The topological polar surface area (TPSA) is 303 Å². The minimum absolute atomic E-state index is 0.0312. The molecule has 7 N–H and O–H groups in total. The molecule has 78 heavy (non-hydrogen) atoms. The number of nitrogens with zero attached hydrogens (tertiary/aromatic N) is 3. The quantitative estimate of drug-likeness (QED) is 0.0221. The summed E-state index contributed by atoms with van der Waals surface area (Å²) in [7, 11) is 0. The number of fused-ring (bicyclic) bond motifs is 5. The number of hydrogen-bond donors (Lipinski definition) is 7.